The molecule has 0 bridgehead atoms. The Bertz CT molecular complexity index is 510. The number of hydrogen-bond donors (Lipinski definition) is 1. The number of rotatable bonds is 7. The van der Waals surface area contributed by atoms with Crippen LogP contribution >= 0.6 is 0 Å². The van der Waals surface area contributed by atoms with Crippen LogP contribution in [0.2, 0.25) is 0 Å². The summed E-state index contributed by atoms with van der Waals surface area (Å²) in [6, 6.07) is 3.64. The summed E-state index contributed by atoms with van der Waals surface area (Å²) in [6.45, 7) is 4.19. The Labute approximate surface area is 137 Å². The molecule has 2 rings (SSSR count). The molecule has 0 unspecified atom stereocenters. The minimum Gasteiger partial charge on any atom is -0.384 e. The van der Waals surface area contributed by atoms with Crippen LogP contribution in [0.15, 0.2) is 18.3 Å². The smallest absolute Gasteiger partial charge is 0.272 e. The third kappa shape index (κ3) is 5.21. The Morgan fingerprint density at radius 1 is 1.30 bits per heavy atom. The summed E-state index contributed by atoms with van der Waals surface area (Å²) < 4.78 is 0. The molecule has 1 N–H and O–H groups in total. The lowest BCUT2D eigenvalue weighted by Gasteiger charge is -2.32. The number of piperazine rings is 1. The molecule has 7 nitrogen and oxygen atoms in total. The first-order chi connectivity index (χ1) is 11.1. The third-order valence-electron chi connectivity index (χ3n) is 3.84. The van der Waals surface area contributed by atoms with E-state index in [4.69, 9.17) is 0 Å². The van der Waals surface area contributed by atoms with Gasteiger partial charge in [-0.25, -0.2) is 4.98 Å². The third-order valence-corrected chi connectivity index (χ3v) is 3.84. The Morgan fingerprint density at radius 3 is 2.61 bits per heavy atom. The molecule has 2 heterocycles. The first kappa shape index (κ1) is 17.2. The van der Waals surface area contributed by atoms with E-state index in [0.717, 1.165) is 31.6 Å². The van der Waals surface area contributed by atoms with Gasteiger partial charge in [0.2, 0.25) is 6.41 Å². The summed E-state index contributed by atoms with van der Waals surface area (Å²) in [7, 11) is 4.10. The van der Waals surface area contributed by atoms with Crippen molar-refractivity contribution < 1.29 is 9.59 Å². The van der Waals surface area contributed by atoms with Crippen LogP contribution in [0.4, 0.5) is 5.69 Å². The Hall–Kier alpha value is -2.15. The topological polar surface area (TPSA) is 68.8 Å². The number of nitrogens with zero attached hydrogens (tertiary/aromatic N) is 4. The van der Waals surface area contributed by atoms with Crippen molar-refractivity contribution in [2.75, 3.05) is 58.7 Å². The van der Waals surface area contributed by atoms with E-state index in [2.05, 4.69) is 29.3 Å². The van der Waals surface area contributed by atoms with Crippen LogP contribution in [0, 0.1) is 0 Å². The summed E-state index contributed by atoms with van der Waals surface area (Å²) in [4.78, 5) is 32.9. The van der Waals surface area contributed by atoms with Crippen molar-refractivity contribution in [2.45, 2.75) is 6.42 Å². The van der Waals surface area contributed by atoms with Gasteiger partial charge in [-0.05, 0) is 39.2 Å². The van der Waals surface area contributed by atoms with Gasteiger partial charge in [-0.15, -0.1) is 0 Å². The van der Waals surface area contributed by atoms with E-state index in [1.807, 2.05) is 6.07 Å². The van der Waals surface area contributed by atoms with Gasteiger partial charge in [0, 0.05) is 32.7 Å². The van der Waals surface area contributed by atoms with Gasteiger partial charge < -0.3 is 20.0 Å². The highest BCUT2D eigenvalue weighted by molar-refractivity contribution is 5.92. The average molecular weight is 319 g/mol. The molecule has 1 aliphatic rings. The zero-order valence-electron chi connectivity index (χ0n) is 13.9. The predicted octanol–water partition coefficient (Wildman–Crippen LogP) is 0.359. The second-order valence-electron chi connectivity index (χ2n) is 5.95. The quantitative estimate of drug-likeness (QED) is 0.580. The van der Waals surface area contributed by atoms with Gasteiger partial charge in [-0.3, -0.25) is 9.59 Å². The van der Waals surface area contributed by atoms with Gasteiger partial charge >= 0.3 is 0 Å². The summed E-state index contributed by atoms with van der Waals surface area (Å²) >= 11 is 0. The summed E-state index contributed by atoms with van der Waals surface area (Å²) in [5.74, 6) is -0.0743. The maximum absolute atomic E-state index is 12.4. The van der Waals surface area contributed by atoms with Crippen molar-refractivity contribution in [3.05, 3.63) is 24.0 Å². The van der Waals surface area contributed by atoms with Crippen LogP contribution in [0.25, 0.3) is 0 Å². The highest BCUT2D eigenvalue weighted by atomic mass is 16.2. The van der Waals surface area contributed by atoms with E-state index in [9.17, 15) is 9.59 Å². The van der Waals surface area contributed by atoms with Crippen molar-refractivity contribution in [3.8, 4) is 0 Å². The molecule has 1 fully saturated rings. The lowest BCUT2D eigenvalue weighted by molar-refractivity contribution is -0.119. The molecule has 0 aliphatic carbocycles. The standard InChI is InChI=1S/C16H25N5O2/c1-19(2)7-3-6-17-14-4-5-15(18-12-14)16(23)21-10-8-20(13-22)9-11-21/h4-5,12-13,17H,3,6-11H2,1-2H3. The highest BCUT2D eigenvalue weighted by Crippen LogP contribution is 2.10. The molecule has 0 spiro atoms. The van der Waals surface area contributed by atoms with E-state index >= 15 is 0 Å². The summed E-state index contributed by atoms with van der Waals surface area (Å²) in [5.41, 5.74) is 1.37. The van der Waals surface area contributed by atoms with Crippen molar-refractivity contribution in [3.63, 3.8) is 0 Å². The van der Waals surface area contributed by atoms with E-state index in [1.54, 1.807) is 22.1 Å². The molecule has 1 saturated heterocycles. The predicted molar refractivity (Wildman–Crippen MR) is 89.4 cm³/mol. The van der Waals surface area contributed by atoms with Crippen molar-refractivity contribution in [1.29, 1.82) is 0 Å². The normalized spacial score (nSPS) is 14.9. The second kappa shape index (κ2) is 8.47. The molecule has 126 valence electrons. The van der Waals surface area contributed by atoms with Gasteiger partial charge in [-0.2, -0.15) is 0 Å². The molecular weight excluding hydrogens is 294 g/mol. The van der Waals surface area contributed by atoms with Gasteiger partial charge in [0.1, 0.15) is 5.69 Å². The highest BCUT2D eigenvalue weighted by Gasteiger charge is 2.21. The average Bonchev–Trinajstić information content (AvgIpc) is 2.58. The van der Waals surface area contributed by atoms with Crippen LogP contribution in [0.3, 0.4) is 0 Å². The number of anilines is 1. The minimum absolute atomic E-state index is 0.0743. The van der Waals surface area contributed by atoms with Crippen molar-refractivity contribution in [2.24, 2.45) is 0 Å². The molecule has 0 radical (unpaired) electrons. The van der Waals surface area contributed by atoms with Crippen LogP contribution in [-0.4, -0.2) is 85.4 Å². The molecule has 0 aromatic carbocycles. The van der Waals surface area contributed by atoms with Crippen LogP contribution < -0.4 is 5.32 Å². The minimum atomic E-state index is -0.0743. The SMILES string of the molecule is CN(C)CCCNc1ccc(C(=O)N2CCN(C=O)CC2)nc1. The molecule has 0 saturated carbocycles. The van der Waals surface area contributed by atoms with Crippen LogP contribution in [-0.2, 0) is 4.79 Å². The Morgan fingerprint density at radius 2 is 2.04 bits per heavy atom. The molecular formula is C16H25N5O2. The lowest BCUT2D eigenvalue weighted by Crippen LogP contribution is -2.48. The molecule has 7 heteroatoms. The monoisotopic (exact) mass is 319 g/mol. The number of pyridine rings is 1. The summed E-state index contributed by atoms with van der Waals surface area (Å²) in [6.07, 6.45) is 3.58. The maximum atomic E-state index is 12.4. The molecule has 1 aliphatic heterocycles. The second-order valence-corrected chi connectivity index (χ2v) is 5.95. The first-order valence-corrected chi connectivity index (χ1v) is 7.93. The van der Waals surface area contributed by atoms with E-state index in [0.29, 0.717) is 31.9 Å². The fourth-order valence-electron chi connectivity index (χ4n) is 2.45. The molecule has 0 atom stereocenters. The number of nitrogens with one attached hydrogen (secondary N) is 1. The molecule has 1 aromatic heterocycles. The van der Waals surface area contributed by atoms with Crippen molar-refractivity contribution in [1.82, 2.24) is 19.7 Å². The number of carbonyl (C=O) groups excluding carboxylic acids is 2. The fraction of sp³-hybridized carbons (Fsp3) is 0.562. The van der Waals surface area contributed by atoms with Crippen LogP contribution in [0.1, 0.15) is 16.9 Å². The van der Waals surface area contributed by atoms with Gasteiger partial charge in [0.05, 0.1) is 11.9 Å². The zero-order chi connectivity index (χ0) is 16.7. The first-order valence-electron chi connectivity index (χ1n) is 7.93. The van der Waals surface area contributed by atoms with E-state index < -0.39 is 0 Å². The Balaban J connectivity index is 1.82. The Kier molecular flexibility index (Phi) is 6.34. The van der Waals surface area contributed by atoms with Crippen LogP contribution in [0.5, 0.6) is 0 Å². The molecule has 1 aromatic rings. The molecule has 23 heavy (non-hydrogen) atoms. The maximum Gasteiger partial charge on any atom is 0.272 e. The van der Waals surface area contributed by atoms with E-state index in [1.165, 1.54) is 0 Å². The largest absolute Gasteiger partial charge is 0.384 e. The van der Waals surface area contributed by atoms with Gasteiger partial charge in [0.15, 0.2) is 0 Å². The fourth-order valence-corrected chi connectivity index (χ4v) is 2.45. The summed E-state index contributed by atoms with van der Waals surface area (Å²) in [5, 5.41) is 3.30. The number of carbonyl (C=O) groups is 2. The number of aromatic nitrogens is 1. The van der Waals surface area contributed by atoms with E-state index in [-0.39, 0.29) is 5.91 Å². The lowest BCUT2D eigenvalue weighted by atomic mass is 10.2. The number of amides is 2. The van der Waals surface area contributed by atoms with Gasteiger partial charge in [0.25, 0.3) is 5.91 Å². The van der Waals surface area contributed by atoms with Crippen molar-refractivity contribution >= 4 is 18.0 Å². The molecule has 2 amide bonds. The number of hydrogen-bond acceptors (Lipinski definition) is 5. The zero-order valence-corrected chi connectivity index (χ0v) is 13.9. The van der Waals surface area contributed by atoms with Gasteiger partial charge in [-0.1, -0.05) is 0 Å².